The van der Waals surface area contributed by atoms with Crippen LogP contribution in [-0.4, -0.2) is 46.8 Å². The fourth-order valence-corrected chi connectivity index (χ4v) is 4.75. The van der Waals surface area contributed by atoms with Gasteiger partial charge in [-0.05, 0) is 37.5 Å². The van der Waals surface area contributed by atoms with Crippen LogP contribution in [0.1, 0.15) is 41.6 Å². The van der Waals surface area contributed by atoms with Crippen molar-refractivity contribution in [3.63, 3.8) is 0 Å². The minimum absolute atomic E-state index is 0.322. The number of aryl methyl sites for hydroxylation is 1. The predicted molar refractivity (Wildman–Crippen MR) is 103 cm³/mol. The molecule has 0 bridgehead atoms. The van der Waals surface area contributed by atoms with Crippen molar-refractivity contribution < 1.29 is 32.5 Å². The molecule has 2 aliphatic rings. The largest absolute Gasteiger partial charge is 0.486 e. The number of amides is 1. The van der Waals surface area contributed by atoms with E-state index in [1.54, 1.807) is 18.2 Å². The van der Waals surface area contributed by atoms with Crippen molar-refractivity contribution >= 4 is 17.2 Å². The van der Waals surface area contributed by atoms with Crippen molar-refractivity contribution in [2.75, 3.05) is 19.8 Å². The summed E-state index contributed by atoms with van der Waals surface area (Å²) >= 11 is 0.698. The summed E-state index contributed by atoms with van der Waals surface area (Å²) in [4.78, 5) is 18.2. The summed E-state index contributed by atoms with van der Waals surface area (Å²) in [6.07, 6.45) is -4.86. The maximum absolute atomic E-state index is 13.8. The summed E-state index contributed by atoms with van der Waals surface area (Å²) in [6.45, 7) is 2.72. The molecule has 1 saturated heterocycles. The summed E-state index contributed by atoms with van der Waals surface area (Å²) in [7, 11) is 0. The quantitative estimate of drug-likeness (QED) is 0.782. The Bertz CT molecular complexity index is 948. The molecule has 0 radical (unpaired) electrons. The number of thiazole rings is 1. The molecule has 1 aromatic heterocycles. The Hall–Kier alpha value is -2.33. The van der Waals surface area contributed by atoms with Crippen LogP contribution in [0.3, 0.4) is 0 Å². The predicted octanol–water partition coefficient (Wildman–Crippen LogP) is 3.73. The molecule has 162 valence electrons. The third-order valence-corrected chi connectivity index (χ3v) is 6.48. The molecule has 2 aromatic rings. The van der Waals surface area contributed by atoms with Crippen molar-refractivity contribution in [3.8, 4) is 11.5 Å². The first-order valence-electron chi connectivity index (χ1n) is 9.60. The number of benzene rings is 1. The van der Waals surface area contributed by atoms with Crippen LogP contribution in [0.5, 0.6) is 11.5 Å². The van der Waals surface area contributed by atoms with Gasteiger partial charge in [0.25, 0.3) is 0 Å². The van der Waals surface area contributed by atoms with Crippen molar-refractivity contribution in [1.82, 2.24) is 9.88 Å². The highest BCUT2D eigenvalue weighted by Crippen LogP contribution is 2.45. The standard InChI is InChI=1S/C20H21F3N2O4S/c1-12-11-30-18(24-12)19(27,20(21,22)23)10-17(26)25-6-2-3-14(25)13-4-5-15-16(9-13)29-8-7-28-15/h4-5,9,11,14,27H,2-3,6-8,10H2,1H3/t14-,19+/m1/s1. The van der Waals surface area contributed by atoms with Crippen LogP contribution in [0, 0.1) is 6.92 Å². The van der Waals surface area contributed by atoms with E-state index < -0.39 is 29.1 Å². The topological polar surface area (TPSA) is 71.9 Å². The number of hydrogen-bond acceptors (Lipinski definition) is 6. The number of nitrogens with zero attached hydrogens (tertiary/aromatic N) is 2. The SMILES string of the molecule is Cc1csc([C@@](O)(CC(=O)N2CCC[C@@H]2c2ccc3c(c2)OCCO3)C(F)(F)F)n1. The highest BCUT2D eigenvalue weighted by atomic mass is 32.1. The molecule has 0 aliphatic carbocycles. The van der Waals surface area contributed by atoms with Gasteiger partial charge in [0, 0.05) is 17.6 Å². The Kier molecular flexibility index (Phi) is 5.39. The fraction of sp³-hybridized carbons (Fsp3) is 0.500. The molecule has 1 amide bonds. The van der Waals surface area contributed by atoms with Crippen molar-refractivity contribution in [3.05, 3.63) is 39.8 Å². The van der Waals surface area contributed by atoms with E-state index in [0.717, 1.165) is 5.56 Å². The molecule has 1 fully saturated rings. The molecular weight excluding hydrogens is 421 g/mol. The minimum Gasteiger partial charge on any atom is -0.486 e. The van der Waals surface area contributed by atoms with E-state index in [1.807, 2.05) is 0 Å². The summed E-state index contributed by atoms with van der Waals surface area (Å²) in [5.41, 5.74) is -2.19. The number of rotatable bonds is 4. The second kappa shape index (κ2) is 7.73. The molecule has 10 heteroatoms. The van der Waals surface area contributed by atoms with Gasteiger partial charge in [0.05, 0.1) is 12.5 Å². The number of aliphatic hydroxyl groups is 1. The molecule has 2 atom stereocenters. The monoisotopic (exact) mass is 442 g/mol. The lowest BCUT2D eigenvalue weighted by Gasteiger charge is -2.32. The molecular formula is C20H21F3N2O4S. The van der Waals surface area contributed by atoms with E-state index in [1.165, 1.54) is 17.2 Å². The number of carbonyl (C=O) groups excluding carboxylic acids is 1. The van der Waals surface area contributed by atoms with E-state index in [-0.39, 0.29) is 6.04 Å². The lowest BCUT2D eigenvalue weighted by atomic mass is 9.97. The van der Waals surface area contributed by atoms with Gasteiger partial charge in [-0.25, -0.2) is 4.98 Å². The third kappa shape index (κ3) is 3.74. The second-order valence-corrected chi connectivity index (χ2v) is 8.34. The number of alkyl halides is 3. The van der Waals surface area contributed by atoms with E-state index in [0.29, 0.717) is 61.1 Å². The number of aromatic nitrogens is 1. The van der Waals surface area contributed by atoms with Crippen LogP contribution >= 0.6 is 11.3 Å². The first-order chi connectivity index (χ1) is 14.2. The summed E-state index contributed by atoms with van der Waals surface area (Å²) in [5, 5.41) is 11.4. The van der Waals surface area contributed by atoms with Crippen LogP contribution in [0.15, 0.2) is 23.6 Å². The Labute approximate surface area is 175 Å². The van der Waals surface area contributed by atoms with Gasteiger partial charge in [-0.2, -0.15) is 13.2 Å². The summed E-state index contributed by atoms with van der Waals surface area (Å²) in [6, 6.07) is 4.92. The number of fused-ring (bicyclic) bond motifs is 1. The molecule has 0 unspecified atom stereocenters. The van der Waals surface area contributed by atoms with Gasteiger partial charge in [-0.15, -0.1) is 11.3 Å². The first kappa shape index (κ1) is 20.9. The zero-order valence-corrected chi connectivity index (χ0v) is 17.1. The number of carbonyl (C=O) groups is 1. The van der Waals surface area contributed by atoms with Crippen LogP contribution in [0.4, 0.5) is 13.2 Å². The molecule has 1 N–H and O–H groups in total. The van der Waals surface area contributed by atoms with Gasteiger partial charge >= 0.3 is 6.18 Å². The second-order valence-electron chi connectivity index (χ2n) is 7.48. The normalized spacial score (nSPS) is 20.8. The van der Waals surface area contributed by atoms with Crippen LogP contribution < -0.4 is 9.47 Å². The van der Waals surface area contributed by atoms with Gasteiger partial charge in [0.1, 0.15) is 18.2 Å². The Morgan fingerprint density at radius 2 is 2.03 bits per heavy atom. The van der Waals surface area contributed by atoms with Crippen LogP contribution in [0.25, 0.3) is 0 Å². The number of ether oxygens (including phenoxy) is 2. The summed E-state index contributed by atoms with van der Waals surface area (Å²) < 4.78 is 52.4. The number of halogens is 3. The van der Waals surface area contributed by atoms with Crippen molar-refractivity contribution in [2.24, 2.45) is 0 Å². The van der Waals surface area contributed by atoms with Crippen molar-refractivity contribution in [1.29, 1.82) is 0 Å². The smallest absolute Gasteiger partial charge is 0.424 e. The van der Waals surface area contributed by atoms with E-state index >= 15 is 0 Å². The average molecular weight is 442 g/mol. The molecule has 0 saturated carbocycles. The Morgan fingerprint density at radius 1 is 1.30 bits per heavy atom. The Balaban J connectivity index is 1.58. The molecule has 0 spiro atoms. The fourth-order valence-electron chi connectivity index (χ4n) is 3.84. The van der Waals surface area contributed by atoms with Gasteiger partial charge < -0.3 is 19.5 Å². The van der Waals surface area contributed by atoms with Gasteiger partial charge in [0.2, 0.25) is 11.5 Å². The number of likely N-dealkylation sites (tertiary alicyclic amines) is 1. The minimum atomic E-state index is -5.03. The van der Waals surface area contributed by atoms with Gasteiger partial charge in [-0.3, -0.25) is 4.79 Å². The molecule has 4 rings (SSSR count). The average Bonchev–Trinajstić information content (AvgIpc) is 3.36. The van der Waals surface area contributed by atoms with Crippen LogP contribution in [0.2, 0.25) is 0 Å². The van der Waals surface area contributed by atoms with E-state index in [2.05, 4.69) is 4.98 Å². The van der Waals surface area contributed by atoms with Gasteiger partial charge in [0.15, 0.2) is 11.5 Å². The van der Waals surface area contributed by atoms with Gasteiger partial charge in [-0.1, -0.05) is 6.07 Å². The number of hydrogen-bond donors (Lipinski definition) is 1. The summed E-state index contributed by atoms with van der Waals surface area (Å²) in [5.74, 6) is 0.398. The highest BCUT2D eigenvalue weighted by Gasteiger charge is 2.58. The van der Waals surface area contributed by atoms with E-state index in [9.17, 15) is 23.1 Å². The maximum atomic E-state index is 13.8. The zero-order chi connectivity index (χ0) is 21.5. The van der Waals surface area contributed by atoms with E-state index in [4.69, 9.17) is 9.47 Å². The molecule has 2 aliphatic heterocycles. The van der Waals surface area contributed by atoms with Crippen LogP contribution in [-0.2, 0) is 10.4 Å². The first-order valence-corrected chi connectivity index (χ1v) is 10.5. The lowest BCUT2D eigenvalue weighted by Crippen LogP contribution is -2.47. The molecule has 1 aromatic carbocycles. The lowest BCUT2D eigenvalue weighted by molar-refractivity contribution is -0.268. The molecule has 6 nitrogen and oxygen atoms in total. The zero-order valence-electron chi connectivity index (χ0n) is 16.2. The third-order valence-electron chi connectivity index (χ3n) is 5.37. The molecule has 30 heavy (non-hydrogen) atoms. The Morgan fingerprint density at radius 3 is 2.70 bits per heavy atom. The highest BCUT2D eigenvalue weighted by molar-refractivity contribution is 7.09. The van der Waals surface area contributed by atoms with Crippen molar-refractivity contribution in [2.45, 2.75) is 44.0 Å². The maximum Gasteiger partial charge on any atom is 0.424 e. The molecule has 3 heterocycles.